The van der Waals surface area contributed by atoms with E-state index in [1.165, 1.54) is 51.4 Å². The van der Waals surface area contributed by atoms with Crippen molar-refractivity contribution in [2.24, 2.45) is 5.92 Å². The lowest BCUT2D eigenvalue weighted by Crippen LogP contribution is -2.12. The second-order valence-corrected chi connectivity index (χ2v) is 9.32. The first-order chi connectivity index (χ1) is 14.1. The Kier molecular flexibility index (Phi) is 6.69. The van der Waals surface area contributed by atoms with Crippen molar-refractivity contribution in [3.63, 3.8) is 0 Å². The number of carbonyl (C=O) groups excluding carboxylic acids is 1. The normalized spacial score (nSPS) is 17.6. The minimum absolute atomic E-state index is 0.240. The summed E-state index contributed by atoms with van der Waals surface area (Å²) in [5, 5.41) is 9.75. The highest BCUT2D eigenvalue weighted by atomic mass is 35.5. The summed E-state index contributed by atoms with van der Waals surface area (Å²) < 4.78 is 2.36. The van der Waals surface area contributed by atoms with Crippen molar-refractivity contribution < 1.29 is 4.79 Å². The standard InChI is InChI=1S/C24H32ClN3O/c1-17-19(8-5-9-22(17)25)16-21(29)13-15-24-27-26-23(28(24)20-11-12-20)14-10-18-6-3-2-4-7-18/h5,8-9,18,20H,2-4,6-7,10-16H2,1H3. The fourth-order valence-corrected chi connectivity index (χ4v) is 4.85. The Morgan fingerprint density at radius 3 is 2.52 bits per heavy atom. The Bertz CT molecular complexity index is 850. The number of hydrogen-bond donors (Lipinski definition) is 0. The van der Waals surface area contributed by atoms with Crippen LogP contribution in [0.3, 0.4) is 0 Å². The zero-order chi connectivity index (χ0) is 20.2. The van der Waals surface area contributed by atoms with Gasteiger partial charge in [-0.2, -0.15) is 0 Å². The van der Waals surface area contributed by atoms with Gasteiger partial charge in [-0.15, -0.1) is 10.2 Å². The average Bonchev–Trinajstić information content (AvgIpc) is 3.49. The smallest absolute Gasteiger partial charge is 0.137 e. The summed E-state index contributed by atoms with van der Waals surface area (Å²) in [5.74, 6) is 3.25. The van der Waals surface area contributed by atoms with Gasteiger partial charge in [-0.25, -0.2) is 0 Å². The predicted molar refractivity (Wildman–Crippen MR) is 116 cm³/mol. The van der Waals surface area contributed by atoms with Gasteiger partial charge < -0.3 is 4.57 Å². The van der Waals surface area contributed by atoms with Crippen LogP contribution in [-0.2, 0) is 24.1 Å². The molecular formula is C24H32ClN3O. The van der Waals surface area contributed by atoms with E-state index in [9.17, 15) is 4.79 Å². The van der Waals surface area contributed by atoms with Gasteiger partial charge in [-0.05, 0) is 49.3 Å². The SMILES string of the molecule is Cc1c(Cl)cccc1CC(=O)CCc1nnc(CCC2CCCCC2)n1C1CC1. The Morgan fingerprint density at radius 2 is 1.79 bits per heavy atom. The fraction of sp³-hybridized carbons (Fsp3) is 0.625. The Balaban J connectivity index is 1.35. The molecule has 2 aliphatic carbocycles. The summed E-state index contributed by atoms with van der Waals surface area (Å²) in [6.45, 7) is 1.98. The summed E-state index contributed by atoms with van der Waals surface area (Å²) in [6.07, 6.45) is 13.3. The van der Waals surface area contributed by atoms with Crippen molar-refractivity contribution in [3.05, 3.63) is 46.0 Å². The summed E-state index contributed by atoms with van der Waals surface area (Å²) in [6, 6.07) is 6.35. The van der Waals surface area contributed by atoms with Crippen molar-refractivity contribution in [3.8, 4) is 0 Å². The molecule has 0 aliphatic heterocycles. The molecule has 0 N–H and O–H groups in total. The molecule has 0 spiro atoms. The average molecular weight is 414 g/mol. The van der Waals surface area contributed by atoms with Gasteiger partial charge in [0.1, 0.15) is 17.4 Å². The molecule has 1 aromatic carbocycles. The van der Waals surface area contributed by atoms with Crippen LogP contribution in [-0.4, -0.2) is 20.5 Å². The van der Waals surface area contributed by atoms with E-state index < -0.39 is 0 Å². The van der Waals surface area contributed by atoms with Crippen LogP contribution < -0.4 is 0 Å². The molecular weight excluding hydrogens is 382 g/mol. The number of halogens is 1. The highest BCUT2D eigenvalue weighted by Gasteiger charge is 2.29. The third kappa shape index (κ3) is 5.28. The number of carbonyl (C=O) groups is 1. The maximum Gasteiger partial charge on any atom is 0.137 e. The van der Waals surface area contributed by atoms with E-state index in [1.807, 2.05) is 25.1 Å². The van der Waals surface area contributed by atoms with Crippen LogP contribution in [0.25, 0.3) is 0 Å². The number of benzene rings is 1. The van der Waals surface area contributed by atoms with E-state index in [1.54, 1.807) is 0 Å². The maximum atomic E-state index is 12.6. The number of rotatable bonds is 9. The molecule has 0 saturated heterocycles. The highest BCUT2D eigenvalue weighted by molar-refractivity contribution is 6.31. The van der Waals surface area contributed by atoms with Gasteiger partial charge in [-0.1, -0.05) is 55.8 Å². The summed E-state index contributed by atoms with van der Waals surface area (Å²) in [4.78, 5) is 12.6. The number of aromatic nitrogens is 3. The van der Waals surface area contributed by atoms with Crippen molar-refractivity contribution in [1.29, 1.82) is 0 Å². The van der Waals surface area contributed by atoms with Crippen molar-refractivity contribution in [1.82, 2.24) is 14.8 Å². The monoisotopic (exact) mass is 413 g/mol. The van der Waals surface area contributed by atoms with Gasteiger partial charge in [0.25, 0.3) is 0 Å². The molecule has 156 valence electrons. The molecule has 0 radical (unpaired) electrons. The highest BCUT2D eigenvalue weighted by Crippen LogP contribution is 2.37. The predicted octanol–water partition coefficient (Wildman–Crippen LogP) is 5.83. The molecule has 0 amide bonds. The van der Waals surface area contributed by atoms with Crippen LogP contribution in [0.15, 0.2) is 18.2 Å². The Hall–Kier alpha value is -1.68. The van der Waals surface area contributed by atoms with Crippen molar-refractivity contribution >= 4 is 17.4 Å². The van der Waals surface area contributed by atoms with Gasteiger partial charge in [0.2, 0.25) is 0 Å². The number of hydrogen-bond acceptors (Lipinski definition) is 3. The van der Waals surface area contributed by atoms with Crippen LogP contribution in [0.5, 0.6) is 0 Å². The minimum Gasteiger partial charge on any atom is -0.312 e. The number of Topliss-reactive ketones (excluding diaryl/α,β-unsaturated/α-hetero) is 1. The molecule has 0 unspecified atom stereocenters. The lowest BCUT2D eigenvalue weighted by atomic mass is 9.86. The van der Waals surface area contributed by atoms with E-state index >= 15 is 0 Å². The molecule has 2 aliphatic rings. The number of nitrogens with zero attached hydrogens (tertiary/aromatic N) is 3. The van der Waals surface area contributed by atoms with E-state index in [2.05, 4.69) is 14.8 Å². The number of aryl methyl sites for hydroxylation is 2. The third-order valence-corrected chi connectivity index (χ3v) is 7.05. The van der Waals surface area contributed by atoms with Crippen molar-refractivity contribution in [2.75, 3.05) is 0 Å². The second kappa shape index (κ2) is 9.42. The zero-order valence-electron chi connectivity index (χ0n) is 17.5. The maximum absolute atomic E-state index is 12.6. The molecule has 2 aromatic rings. The summed E-state index contributed by atoms with van der Waals surface area (Å²) in [7, 11) is 0. The molecule has 4 rings (SSSR count). The first kappa shape index (κ1) is 20.6. The molecule has 2 saturated carbocycles. The second-order valence-electron chi connectivity index (χ2n) is 8.92. The van der Waals surface area contributed by atoms with E-state index in [4.69, 9.17) is 11.6 Å². The minimum atomic E-state index is 0.240. The Morgan fingerprint density at radius 1 is 1.07 bits per heavy atom. The summed E-state index contributed by atoms with van der Waals surface area (Å²) in [5.41, 5.74) is 2.04. The molecule has 4 nitrogen and oxygen atoms in total. The fourth-order valence-electron chi connectivity index (χ4n) is 4.66. The first-order valence-corrected chi connectivity index (χ1v) is 11.7. The summed E-state index contributed by atoms with van der Waals surface area (Å²) >= 11 is 6.19. The zero-order valence-corrected chi connectivity index (χ0v) is 18.3. The van der Waals surface area contributed by atoms with Crippen LogP contribution in [0.2, 0.25) is 5.02 Å². The molecule has 1 heterocycles. The molecule has 29 heavy (non-hydrogen) atoms. The van der Waals surface area contributed by atoms with Gasteiger partial charge in [0.05, 0.1) is 0 Å². The van der Waals surface area contributed by atoms with Gasteiger partial charge in [0, 0.05) is 36.7 Å². The molecule has 2 fully saturated rings. The quantitative estimate of drug-likeness (QED) is 0.519. The van der Waals surface area contributed by atoms with Crippen LogP contribution in [0.4, 0.5) is 0 Å². The lowest BCUT2D eigenvalue weighted by Gasteiger charge is -2.21. The molecule has 5 heteroatoms. The van der Waals surface area contributed by atoms with E-state index in [-0.39, 0.29) is 5.78 Å². The van der Waals surface area contributed by atoms with Gasteiger partial charge in [-0.3, -0.25) is 4.79 Å². The van der Waals surface area contributed by atoms with Gasteiger partial charge in [0.15, 0.2) is 0 Å². The van der Waals surface area contributed by atoms with E-state index in [0.29, 0.717) is 25.3 Å². The van der Waals surface area contributed by atoms with Crippen molar-refractivity contribution in [2.45, 2.75) is 90.0 Å². The topological polar surface area (TPSA) is 47.8 Å². The molecule has 1 aromatic heterocycles. The first-order valence-electron chi connectivity index (χ1n) is 11.3. The Labute approximate surface area is 179 Å². The molecule has 0 atom stereocenters. The lowest BCUT2D eigenvalue weighted by molar-refractivity contribution is -0.118. The number of ketones is 1. The van der Waals surface area contributed by atoms with Crippen LogP contribution in [0, 0.1) is 12.8 Å². The van der Waals surface area contributed by atoms with E-state index in [0.717, 1.165) is 40.1 Å². The molecule has 0 bridgehead atoms. The largest absolute Gasteiger partial charge is 0.312 e. The van der Waals surface area contributed by atoms with Crippen LogP contribution >= 0.6 is 11.6 Å². The van der Waals surface area contributed by atoms with Gasteiger partial charge >= 0.3 is 0 Å². The van der Waals surface area contributed by atoms with Crippen LogP contribution in [0.1, 0.15) is 86.6 Å². The third-order valence-electron chi connectivity index (χ3n) is 6.64.